The number of thiazole rings is 1. The Labute approximate surface area is 177 Å². The van der Waals surface area contributed by atoms with Gasteiger partial charge >= 0.3 is 0 Å². The number of benzene rings is 2. The average Bonchev–Trinajstić information content (AvgIpc) is 3.12. The van der Waals surface area contributed by atoms with Crippen molar-refractivity contribution in [1.29, 1.82) is 0 Å². The molecule has 2 heterocycles. The molecule has 0 spiro atoms. The van der Waals surface area contributed by atoms with Crippen molar-refractivity contribution >= 4 is 55.8 Å². The van der Waals surface area contributed by atoms with E-state index in [2.05, 4.69) is 4.90 Å². The lowest BCUT2D eigenvalue weighted by atomic mass is 10.2. The molecule has 0 aliphatic carbocycles. The zero-order valence-electron chi connectivity index (χ0n) is 15.3. The fraction of sp³-hybridized carbons (Fsp3) is 0.300. The predicted octanol–water partition coefficient (Wildman–Crippen LogP) is 4.72. The lowest BCUT2D eigenvalue weighted by Crippen LogP contribution is -2.52. The molecule has 1 aromatic heterocycles. The first kappa shape index (κ1) is 19.3. The van der Waals surface area contributed by atoms with Gasteiger partial charge in [-0.1, -0.05) is 34.5 Å². The Kier molecular flexibility index (Phi) is 5.62. The number of hydrogen-bond donors (Lipinski definition) is 0. The van der Waals surface area contributed by atoms with E-state index in [4.69, 9.17) is 32.9 Å². The molecule has 5 nitrogen and oxygen atoms in total. The number of hydrogen-bond acceptors (Lipinski definition) is 5. The van der Waals surface area contributed by atoms with Crippen LogP contribution in [0.4, 0.5) is 5.13 Å². The Hall–Kier alpha value is -2.02. The molecule has 0 saturated carbocycles. The first-order chi connectivity index (χ1) is 13.5. The van der Waals surface area contributed by atoms with Crippen LogP contribution in [0.2, 0.25) is 10.0 Å². The van der Waals surface area contributed by atoms with Gasteiger partial charge in [-0.05, 0) is 49.4 Å². The Morgan fingerprint density at radius 3 is 2.46 bits per heavy atom. The van der Waals surface area contributed by atoms with Crippen LogP contribution >= 0.6 is 34.5 Å². The van der Waals surface area contributed by atoms with Gasteiger partial charge in [-0.15, -0.1) is 0 Å². The molecule has 1 saturated heterocycles. The lowest BCUT2D eigenvalue weighted by molar-refractivity contribution is -0.138. The van der Waals surface area contributed by atoms with Crippen molar-refractivity contribution in [3.8, 4) is 5.75 Å². The van der Waals surface area contributed by atoms with Crippen molar-refractivity contribution in [1.82, 2.24) is 9.88 Å². The highest BCUT2D eigenvalue weighted by Gasteiger charge is 2.27. The highest BCUT2D eigenvalue weighted by molar-refractivity contribution is 7.22. The summed E-state index contributed by atoms with van der Waals surface area (Å²) in [6.45, 7) is 4.55. The second kappa shape index (κ2) is 8.15. The van der Waals surface area contributed by atoms with Gasteiger partial charge < -0.3 is 14.5 Å². The Balaban J connectivity index is 1.36. The van der Waals surface area contributed by atoms with Gasteiger partial charge in [-0.2, -0.15) is 0 Å². The van der Waals surface area contributed by atoms with Gasteiger partial charge in [0.05, 0.1) is 10.2 Å². The van der Waals surface area contributed by atoms with E-state index in [9.17, 15) is 4.79 Å². The van der Waals surface area contributed by atoms with Crippen molar-refractivity contribution in [2.24, 2.45) is 0 Å². The molecule has 1 unspecified atom stereocenters. The number of carbonyl (C=O) groups is 1. The summed E-state index contributed by atoms with van der Waals surface area (Å²) in [6, 6.07) is 12.8. The van der Waals surface area contributed by atoms with E-state index < -0.39 is 6.10 Å². The van der Waals surface area contributed by atoms with Crippen molar-refractivity contribution in [2.45, 2.75) is 13.0 Å². The summed E-state index contributed by atoms with van der Waals surface area (Å²) in [5.74, 6) is 0.628. The van der Waals surface area contributed by atoms with Crippen LogP contribution < -0.4 is 9.64 Å². The number of fused-ring (bicyclic) bond motifs is 1. The van der Waals surface area contributed by atoms with E-state index in [1.807, 2.05) is 23.1 Å². The molecule has 0 radical (unpaired) electrons. The predicted molar refractivity (Wildman–Crippen MR) is 115 cm³/mol. The minimum atomic E-state index is -0.544. The Bertz CT molecular complexity index is 985. The molecule has 4 rings (SSSR count). The van der Waals surface area contributed by atoms with Crippen LogP contribution in [0.3, 0.4) is 0 Å². The second-order valence-corrected chi connectivity index (χ2v) is 8.52. The van der Waals surface area contributed by atoms with E-state index in [0.717, 1.165) is 28.4 Å². The van der Waals surface area contributed by atoms with Gasteiger partial charge in [-0.3, -0.25) is 4.79 Å². The van der Waals surface area contributed by atoms with Crippen molar-refractivity contribution < 1.29 is 9.53 Å². The van der Waals surface area contributed by atoms with E-state index in [-0.39, 0.29) is 5.91 Å². The standard InChI is InChI=1S/C20H19Cl2N3O2S/c1-13(27-16-5-2-14(21)3-6-16)19(26)24-8-10-25(11-9-24)20-23-17-7-4-15(22)12-18(17)28-20/h2-7,12-13H,8-11H2,1H3. The first-order valence-electron chi connectivity index (χ1n) is 9.01. The molecule has 3 aromatic rings. The molecule has 1 fully saturated rings. The number of aromatic nitrogens is 1. The summed E-state index contributed by atoms with van der Waals surface area (Å²) in [6.07, 6.45) is -0.544. The van der Waals surface area contributed by atoms with Crippen molar-refractivity contribution in [3.05, 3.63) is 52.5 Å². The van der Waals surface area contributed by atoms with Crippen LogP contribution in [0.5, 0.6) is 5.75 Å². The van der Waals surface area contributed by atoms with E-state index in [1.54, 1.807) is 42.5 Å². The number of halogens is 2. The first-order valence-corrected chi connectivity index (χ1v) is 10.6. The maximum atomic E-state index is 12.7. The number of anilines is 1. The maximum absolute atomic E-state index is 12.7. The maximum Gasteiger partial charge on any atom is 0.263 e. The lowest BCUT2D eigenvalue weighted by Gasteiger charge is -2.35. The SMILES string of the molecule is CC(Oc1ccc(Cl)cc1)C(=O)N1CCN(c2nc3ccc(Cl)cc3s2)CC1. The van der Waals surface area contributed by atoms with Gasteiger partial charge in [0.1, 0.15) is 5.75 Å². The van der Waals surface area contributed by atoms with Crippen LogP contribution in [0.1, 0.15) is 6.92 Å². The van der Waals surface area contributed by atoms with Crippen LogP contribution in [0, 0.1) is 0 Å². The molecule has 0 bridgehead atoms. The van der Waals surface area contributed by atoms with Crippen LogP contribution in [0.25, 0.3) is 10.2 Å². The summed E-state index contributed by atoms with van der Waals surface area (Å²) in [5, 5.41) is 2.32. The molecule has 2 aromatic carbocycles. The van der Waals surface area contributed by atoms with Crippen molar-refractivity contribution in [2.75, 3.05) is 31.1 Å². The van der Waals surface area contributed by atoms with Gasteiger partial charge in [0.2, 0.25) is 0 Å². The fourth-order valence-electron chi connectivity index (χ4n) is 3.16. The van der Waals surface area contributed by atoms with E-state index >= 15 is 0 Å². The molecule has 146 valence electrons. The monoisotopic (exact) mass is 435 g/mol. The quantitative estimate of drug-likeness (QED) is 0.594. The molecular formula is C20H19Cl2N3O2S. The minimum absolute atomic E-state index is 0.00863. The topological polar surface area (TPSA) is 45.7 Å². The molecule has 28 heavy (non-hydrogen) atoms. The van der Waals surface area contributed by atoms with E-state index in [1.165, 1.54) is 0 Å². The summed E-state index contributed by atoms with van der Waals surface area (Å²) in [5.41, 5.74) is 0.952. The van der Waals surface area contributed by atoms with Crippen LogP contribution in [-0.2, 0) is 4.79 Å². The minimum Gasteiger partial charge on any atom is -0.481 e. The second-order valence-electron chi connectivity index (χ2n) is 6.63. The Morgan fingerprint density at radius 1 is 1.07 bits per heavy atom. The Morgan fingerprint density at radius 2 is 1.75 bits per heavy atom. The number of carbonyl (C=O) groups excluding carboxylic acids is 1. The molecule has 1 atom stereocenters. The van der Waals surface area contributed by atoms with Gasteiger partial charge in [-0.25, -0.2) is 4.98 Å². The number of rotatable bonds is 4. The average molecular weight is 436 g/mol. The zero-order chi connectivity index (χ0) is 19.7. The number of ether oxygens (including phenoxy) is 1. The highest BCUT2D eigenvalue weighted by Crippen LogP contribution is 2.31. The van der Waals surface area contributed by atoms with E-state index in [0.29, 0.717) is 28.9 Å². The van der Waals surface area contributed by atoms with Crippen LogP contribution in [-0.4, -0.2) is 48.1 Å². The van der Waals surface area contributed by atoms with Gasteiger partial charge in [0.25, 0.3) is 5.91 Å². The molecule has 8 heteroatoms. The molecule has 1 amide bonds. The molecular weight excluding hydrogens is 417 g/mol. The number of piperazine rings is 1. The third-order valence-electron chi connectivity index (χ3n) is 4.68. The third kappa shape index (κ3) is 4.19. The summed E-state index contributed by atoms with van der Waals surface area (Å²) in [7, 11) is 0. The van der Waals surface area contributed by atoms with Gasteiger partial charge in [0, 0.05) is 36.2 Å². The molecule has 1 aliphatic heterocycles. The summed E-state index contributed by atoms with van der Waals surface area (Å²) >= 11 is 13.6. The van der Waals surface area contributed by atoms with Crippen LogP contribution in [0.15, 0.2) is 42.5 Å². The molecule has 1 aliphatic rings. The van der Waals surface area contributed by atoms with Gasteiger partial charge in [0.15, 0.2) is 11.2 Å². The zero-order valence-corrected chi connectivity index (χ0v) is 17.6. The smallest absolute Gasteiger partial charge is 0.263 e. The fourth-order valence-corrected chi connectivity index (χ4v) is 4.58. The number of amides is 1. The van der Waals surface area contributed by atoms with Crippen molar-refractivity contribution in [3.63, 3.8) is 0 Å². The summed E-state index contributed by atoms with van der Waals surface area (Å²) in [4.78, 5) is 21.5. The third-order valence-corrected chi connectivity index (χ3v) is 6.24. The normalized spacial score (nSPS) is 15.7. The summed E-state index contributed by atoms with van der Waals surface area (Å²) < 4.78 is 6.84. The molecule has 0 N–H and O–H groups in total. The largest absolute Gasteiger partial charge is 0.481 e. The number of nitrogens with zero attached hydrogens (tertiary/aromatic N) is 3. The highest BCUT2D eigenvalue weighted by atomic mass is 35.5.